The third-order valence-corrected chi connectivity index (χ3v) is 4.55. The summed E-state index contributed by atoms with van der Waals surface area (Å²) in [6, 6.07) is 10.2. The van der Waals surface area contributed by atoms with Gasteiger partial charge >= 0.3 is 12.1 Å². The first kappa shape index (κ1) is 19.8. The first-order valence-electron chi connectivity index (χ1n) is 8.80. The average Bonchev–Trinajstić information content (AvgIpc) is 2.71. The Labute approximate surface area is 161 Å². The fraction of sp³-hybridized carbons (Fsp3) is 0.286. The molecular weight excluding hydrogens is 371 g/mol. The molecule has 0 saturated carbocycles. The molecule has 0 radical (unpaired) electrons. The quantitative estimate of drug-likeness (QED) is 0.753. The van der Waals surface area contributed by atoms with Gasteiger partial charge in [0.25, 0.3) is 0 Å². The summed E-state index contributed by atoms with van der Waals surface area (Å²) >= 11 is 0. The van der Waals surface area contributed by atoms with Crippen LogP contribution in [0.25, 0.3) is 0 Å². The smallest absolute Gasteiger partial charge is 0.419 e. The summed E-state index contributed by atoms with van der Waals surface area (Å²) in [5.74, 6) is -0.662. The van der Waals surface area contributed by atoms with E-state index in [-0.39, 0.29) is 18.3 Å². The molecule has 3 rings (SSSR count). The third kappa shape index (κ3) is 4.47. The Balaban J connectivity index is 1.87. The topological polar surface area (TPSA) is 47.6 Å². The maximum Gasteiger partial charge on any atom is 0.419 e. The molecule has 0 amide bonds. The maximum absolute atomic E-state index is 13.1. The number of hydrogen-bond donors (Lipinski definition) is 1. The van der Waals surface area contributed by atoms with Crippen LogP contribution >= 0.6 is 0 Å². The van der Waals surface area contributed by atoms with Crippen molar-refractivity contribution in [2.75, 3.05) is 13.7 Å². The lowest BCUT2D eigenvalue weighted by molar-refractivity contribution is -0.139. The van der Waals surface area contributed by atoms with E-state index in [0.717, 1.165) is 24.6 Å². The van der Waals surface area contributed by atoms with Crippen molar-refractivity contribution in [2.45, 2.75) is 25.1 Å². The number of hydrogen-bond acceptors (Lipinski definition) is 4. The Morgan fingerprint density at radius 2 is 2.00 bits per heavy atom. The number of para-hydroxylation sites is 1. The molecule has 2 aromatic rings. The van der Waals surface area contributed by atoms with Crippen LogP contribution in [0.5, 0.6) is 5.75 Å². The molecule has 1 atom stereocenters. The van der Waals surface area contributed by atoms with Gasteiger partial charge in [-0.05, 0) is 41.9 Å². The molecule has 28 heavy (non-hydrogen) atoms. The minimum absolute atomic E-state index is 0.0118. The van der Waals surface area contributed by atoms with Gasteiger partial charge in [-0.25, -0.2) is 4.79 Å². The summed E-state index contributed by atoms with van der Waals surface area (Å²) in [5.41, 5.74) is 1.07. The number of ether oxygens (including phenoxy) is 2. The molecule has 0 spiro atoms. The predicted octanol–water partition coefficient (Wildman–Crippen LogP) is 4.66. The first-order valence-corrected chi connectivity index (χ1v) is 8.80. The Morgan fingerprint density at radius 1 is 1.21 bits per heavy atom. The highest BCUT2D eigenvalue weighted by molar-refractivity contribution is 5.91. The van der Waals surface area contributed by atoms with E-state index >= 15 is 0 Å². The molecule has 1 heterocycles. The number of rotatable bonds is 5. The van der Waals surface area contributed by atoms with Crippen molar-refractivity contribution in [1.29, 1.82) is 0 Å². The fourth-order valence-corrected chi connectivity index (χ4v) is 3.15. The Kier molecular flexibility index (Phi) is 5.92. The minimum atomic E-state index is -4.49. The van der Waals surface area contributed by atoms with Crippen LogP contribution in [0.4, 0.5) is 13.2 Å². The van der Waals surface area contributed by atoms with Crippen LogP contribution in [-0.4, -0.2) is 19.6 Å². The summed E-state index contributed by atoms with van der Waals surface area (Å²) in [4.78, 5) is 12.1. The molecule has 0 saturated heterocycles. The predicted molar refractivity (Wildman–Crippen MR) is 98.1 cm³/mol. The van der Waals surface area contributed by atoms with Crippen LogP contribution in [0.1, 0.15) is 39.4 Å². The molecule has 7 heteroatoms. The van der Waals surface area contributed by atoms with Gasteiger partial charge in [-0.1, -0.05) is 30.3 Å². The number of carbonyl (C=O) groups is 1. The van der Waals surface area contributed by atoms with Crippen molar-refractivity contribution in [3.63, 3.8) is 0 Å². The van der Waals surface area contributed by atoms with E-state index in [2.05, 4.69) is 5.32 Å². The molecule has 1 aliphatic heterocycles. The van der Waals surface area contributed by atoms with Gasteiger partial charge in [-0.2, -0.15) is 13.2 Å². The van der Waals surface area contributed by atoms with Crippen molar-refractivity contribution in [2.24, 2.45) is 0 Å². The second-order valence-electron chi connectivity index (χ2n) is 6.40. The number of nitrogens with one attached hydrogen (secondary N) is 1. The Bertz CT molecular complexity index is 877. The standard InChI is InChI=1S/C21H20F3NO3/c1-27-20(26)16-7-6-14(12-17(16)15-8-10-25-11-9-15)13-28-19-5-3-2-4-18(19)21(22,23)24/h2-8,10,12,15,25H,9,11,13H2,1H3. The van der Waals surface area contributed by atoms with E-state index in [4.69, 9.17) is 9.47 Å². The van der Waals surface area contributed by atoms with Crippen molar-refractivity contribution < 1.29 is 27.4 Å². The van der Waals surface area contributed by atoms with Gasteiger partial charge in [-0.15, -0.1) is 0 Å². The van der Waals surface area contributed by atoms with Gasteiger partial charge in [0.1, 0.15) is 12.4 Å². The Hall–Kier alpha value is -2.96. The van der Waals surface area contributed by atoms with Gasteiger partial charge in [0.2, 0.25) is 0 Å². The van der Waals surface area contributed by atoms with E-state index < -0.39 is 17.7 Å². The van der Waals surface area contributed by atoms with Crippen LogP contribution in [0.2, 0.25) is 0 Å². The molecule has 0 aromatic heterocycles. The second kappa shape index (κ2) is 8.37. The zero-order chi connectivity index (χ0) is 20.1. The molecule has 2 aromatic carbocycles. The normalized spacial score (nSPS) is 16.4. The first-order chi connectivity index (χ1) is 13.4. The third-order valence-electron chi connectivity index (χ3n) is 4.55. The van der Waals surface area contributed by atoms with Crippen molar-refractivity contribution in [3.05, 3.63) is 77.0 Å². The SMILES string of the molecule is COC(=O)c1ccc(COc2ccccc2C(F)(F)F)cc1C1C=CNCC1. The number of esters is 1. The molecule has 1 aliphatic rings. The van der Waals surface area contributed by atoms with E-state index in [0.29, 0.717) is 11.1 Å². The van der Waals surface area contributed by atoms with Crippen LogP contribution in [0, 0.1) is 0 Å². The molecule has 4 nitrogen and oxygen atoms in total. The van der Waals surface area contributed by atoms with Gasteiger partial charge in [0.15, 0.2) is 0 Å². The molecule has 148 valence electrons. The van der Waals surface area contributed by atoms with Gasteiger partial charge < -0.3 is 14.8 Å². The summed E-state index contributed by atoms with van der Waals surface area (Å²) in [6.45, 7) is 0.720. The number of benzene rings is 2. The van der Waals surface area contributed by atoms with Gasteiger partial charge in [0, 0.05) is 12.5 Å². The number of allylic oxidation sites excluding steroid dienone is 1. The summed E-state index contributed by atoms with van der Waals surface area (Å²) in [6.07, 6.45) is 0.0882. The molecule has 0 fully saturated rings. The van der Waals surface area contributed by atoms with Crippen molar-refractivity contribution >= 4 is 5.97 Å². The van der Waals surface area contributed by atoms with E-state index in [1.807, 2.05) is 12.3 Å². The summed E-state index contributed by atoms with van der Waals surface area (Å²) < 4.78 is 49.7. The lowest BCUT2D eigenvalue weighted by Crippen LogP contribution is -2.18. The van der Waals surface area contributed by atoms with E-state index in [1.54, 1.807) is 18.2 Å². The number of halogens is 3. The number of methoxy groups -OCH3 is 1. The summed E-state index contributed by atoms with van der Waals surface area (Å²) in [5, 5.41) is 3.10. The highest BCUT2D eigenvalue weighted by atomic mass is 19.4. The molecule has 1 unspecified atom stereocenters. The van der Waals surface area contributed by atoms with E-state index in [1.165, 1.54) is 25.3 Å². The molecule has 1 N–H and O–H groups in total. The largest absolute Gasteiger partial charge is 0.488 e. The summed E-state index contributed by atoms with van der Waals surface area (Å²) in [7, 11) is 1.31. The highest BCUT2D eigenvalue weighted by Crippen LogP contribution is 2.36. The van der Waals surface area contributed by atoms with Crippen LogP contribution in [0.15, 0.2) is 54.7 Å². The average molecular weight is 391 g/mol. The van der Waals surface area contributed by atoms with Gasteiger partial charge in [-0.3, -0.25) is 0 Å². The zero-order valence-corrected chi connectivity index (χ0v) is 15.3. The van der Waals surface area contributed by atoms with Gasteiger partial charge in [0.05, 0.1) is 18.2 Å². The maximum atomic E-state index is 13.1. The van der Waals surface area contributed by atoms with Crippen LogP contribution < -0.4 is 10.1 Å². The molecule has 0 bridgehead atoms. The van der Waals surface area contributed by atoms with Crippen LogP contribution in [-0.2, 0) is 17.5 Å². The molecular formula is C21H20F3NO3. The molecule has 0 aliphatic carbocycles. The highest BCUT2D eigenvalue weighted by Gasteiger charge is 2.34. The lowest BCUT2D eigenvalue weighted by Gasteiger charge is -2.21. The minimum Gasteiger partial charge on any atom is -0.488 e. The zero-order valence-electron chi connectivity index (χ0n) is 15.3. The monoisotopic (exact) mass is 391 g/mol. The van der Waals surface area contributed by atoms with Crippen LogP contribution in [0.3, 0.4) is 0 Å². The van der Waals surface area contributed by atoms with E-state index in [9.17, 15) is 18.0 Å². The second-order valence-corrected chi connectivity index (χ2v) is 6.40. The lowest BCUT2D eigenvalue weighted by atomic mass is 9.89. The number of alkyl halides is 3. The number of carbonyl (C=O) groups excluding carboxylic acids is 1. The van der Waals surface area contributed by atoms with Crippen molar-refractivity contribution in [3.8, 4) is 5.75 Å². The van der Waals surface area contributed by atoms with Crippen molar-refractivity contribution in [1.82, 2.24) is 5.32 Å². The Morgan fingerprint density at radius 3 is 2.68 bits per heavy atom. The fourth-order valence-electron chi connectivity index (χ4n) is 3.15.